The molecule has 0 spiro atoms. The molecule has 0 heterocycles. The van der Waals surface area contributed by atoms with E-state index in [1.165, 1.54) is 26.2 Å². The van der Waals surface area contributed by atoms with Crippen LogP contribution in [0, 0.1) is 30.1 Å². The number of carbonyl (C=O) groups is 3. The van der Waals surface area contributed by atoms with Crippen molar-refractivity contribution in [2.24, 2.45) is 23.2 Å². The molecule has 1 atom stereocenters. The summed E-state index contributed by atoms with van der Waals surface area (Å²) in [4.78, 5) is 36.8. The number of hydrogen-bond donors (Lipinski definition) is 2. The molecule has 30 heavy (non-hydrogen) atoms. The zero-order valence-electron chi connectivity index (χ0n) is 17.9. The topological polar surface area (TPSA) is 84.5 Å². The number of benzene rings is 1. The molecular weight excluding hydrogens is 380 g/mol. The van der Waals surface area contributed by atoms with Gasteiger partial charge in [0.25, 0.3) is 5.91 Å². The number of anilines is 1. The minimum Gasteiger partial charge on any atom is -0.451 e. The van der Waals surface area contributed by atoms with Crippen molar-refractivity contribution in [2.75, 3.05) is 11.9 Å². The number of nitrogens with one attached hydrogen (secondary N) is 2. The van der Waals surface area contributed by atoms with Gasteiger partial charge in [0.2, 0.25) is 5.91 Å². The van der Waals surface area contributed by atoms with E-state index in [-0.39, 0.29) is 17.9 Å². The molecule has 0 radical (unpaired) electrons. The minimum absolute atomic E-state index is 0.0781. The predicted octanol–water partition coefficient (Wildman–Crippen LogP) is 3.59. The molecule has 2 amide bonds. The van der Waals surface area contributed by atoms with Gasteiger partial charge in [-0.05, 0) is 87.7 Å². The molecule has 5 rings (SSSR count). The smallest absolute Gasteiger partial charge is 0.326 e. The molecule has 4 aliphatic rings. The maximum Gasteiger partial charge on any atom is 0.326 e. The zero-order chi connectivity index (χ0) is 21.3. The average molecular weight is 413 g/mol. The predicted molar refractivity (Wildman–Crippen MR) is 114 cm³/mol. The fourth-order valence-corrected chi connectivity index (χ4v) is 6.25. The molecule has 4 fully saturated rings. The lowest BCUT2D eigenvalue weighted by molar-refractivity contribution is -0.153. The number of hydrogen-bond acceptors (Lipinski definition) is 4. The van der Waals surface area contributed by atoms with Crippen molar-refractivity contribution in [1.82, 2.24) is 5.32 Å². The molecule has 2 N–H and O–H groups in total. The Morgan fingerprint density at radius 2 is 1.60 bits per heavy atom. The summed E-state index contributed by atoms with van der Waals surface area (Å²) >= 11 is 0. The van der Waals surface area contributed by atoms with Crippen molar-refractivity contribution >= 4 is 23.5 Å². The van der Waals surface area contributed by atoms with Crippen LogP contribution in [0.15, 0.2) is 24.3 Å². The van der Waals surface area contributed by atoms with E-state index in [2.05, 4.69) is 10.6 Å². The SMILES string of the molecule is Cc1ccc(NC(=O)[C@H](C)OC(=O)CNC(=O)CC23CC4CC(CC(C4)C2)C3)cc1. The first-order valence-electron chi connectivity index (χ1n) is 11.1. The quantitative estimate of drug-likeness (QED) is 0.671. The highest BCUT2D eigenvalue weighted by Crippen LogP contribution is 2.61. The van der Waals surface area contributed by atoms with Gasteiger partial charge in [0.1, 0.15) is 6.54 Å². The van der Waals surface area contributed by atoms with E-state index in [1.54, 1.807) is 12.1 Å². The molecule has 4 aliphatic carbocycles. The van der Waals surface area contributed by atoms with Crippen LogP contribution >= 0.6 is 0 Å². The van der Waals surface area contributed by atoms with Gasteiger partial charge < -0.3 is 15.4 Å². The van der Waals surface area contributed by atoms with Crippen molar-refractivity contribution in [2.45, 2.75) is 64.9 Å². The molecule has 0 aliphatic heterocycles. The highest BCUT2D eigenvalue weighted by Gasteiger charge is 2.51. The van der Waals surface area contributed by atoms with Crippen LogP contribution in [0.1, 0.15) is 57.4 Å². The lowest BCUT2D eigenvalue weighted by Gasteiger charge is -2.56. The number of amides is 2. The van der Waals surface area contributed by atoms with Crippen molar-refractivity contribution in [3.63, 3.8) is 0 Å². The lowest BCUT2D eigenvalue weighted by Crippen LogP contribution is -2.48. The average Bonchev–Trinajstić information content (AvgIpc) is 2.66. The van der Waals surface area contributed by atoms with E-state index in [1.807, 2.05) is 19.1 Å². The Kier molecular flexibility index (Phi) is 5.85. The summed E-state index contributed by atoms with van der Waals surface area (Å²) in [5.74, 6) is 1.31. The van der Waals surface area contributed by atoms with Crippen molar-refractivity contribution in [1.29, 1.82) is 0 Å². The summed E-state index contributed by atoms with van der Waals surface area (Å²) in [5, 5.41) is 5.43. The van der Waals surface area contributed by atoms with Crippen LogP contribution < -0.4 is 10.6 Å². The molecule has 1 aromatic carbocycles. The molecule has 162 valence electrons. The second kappa shape index (κ2) is 8.40. The maximum atomic E-state index is 12.5. The van der Waals surface area contributed by atoms with Crippen LogP contribution in [0.25, 0.3) is 0 Å². The Bertz CT molecular complexity index is 782. The first-order valence-corrected chi connectivity index (χ1v) is 11.1. The number of ether oxygens (including phenoxy) is 1. The Hall–Kier alpha value is -2.37. The van der Waals surface area contributed by atoms with Gasteiger partial charge in [0, 0.05) is 12.1 Å². The Morgan fingerprint density at radius 3 is 2.17 bits per heavy atom. The summed E-state index contributed by atoms with van der Waals surface area (Å²) in [6, 6.07) is 7.39. The third-order valence-corrected chi connectivity index (χ3v) is 7.13. The molecule has 1 aromatic rings. The van der Waals surface area contributed by atoms with Crippen molar-refractivity contribution in [3.05, 3.63) is 29.8 Å². The van der Waals surface area contributed by atoms with Crippen molar-refractivity contribution < 1.29 is 19.1 Å². The first-order chi connectivity index (χ1) is 14.3. The number of carbonyl (C=O) groups excluding carboxylic acids is 3. The highest BCUT2D eigenvalue weighted by molar-refractivity contribution is 5.95. The standard InChI is InChI=1S/C24H32N2O4/c1-15-3-5-20(6-4-15)26-23(29)16(2)30-22(28)14-25-21(27)13-24-10-17-7-18(11-24)9-19(8-17)12-24/h3-6,16-19H,7-14H2,1-2H3,(H,25,27)(H,26,29)/t16-,17?,18?,19?,24?/m0/s1. The maximum absolute atomic E-state index is 12.5. The van der Waals surface area contributed by atoms with Gasteiger partial charge in [-0.25, -0.2) is 0 Å². The lowest BCUT2D eigenvalue weighted by atomic mass is 9.49. The molecule has 0 unspecified atom stereocenters. The number of esters is 1. The van der Waals surface area contributed by atoms with Crippen molar-refractivity contribution in [3.8, 4) is 0 Å². The fraction of sp³-hybridized carbons (Fsp3) is 0.625. The van der Waals surface area contributed by atoms with E-state index in [9.17, 15) is 14.4 Å². The summed E-state index contributed by atoms with van der Waals surface area (Å²) in [7, 11) is 0. The normalized spacial score (nSPS) is 29.9. The Balaban J connectivity index is 1.20. The molecule has 4 saturated carbocycles. The third kappa shape index (κ3) is 4.85. The van der Waals surface area contributed by atoms with Crippen LogP contribution in [-0.2, 0) is 19.1 Å². The number of aryl methyl sites for hydroxylation is 1. The number of rotatable bonds is 7. The van der Waals surface area contributed by atoms with Crippen LogP contribution in [0.5, 0.6) is 0 Å². The largest absolute Gasteiger partial charge is 0.451 e. The van der Waals surface area contributed by atoms with Crippen LogP contribution in [0.3, 0.4) is 0 Å². The molecule has 0 aromatic heterocycles. The fourth-order valence-electron chi connectivity index (χ4n) is 6.25. The molecule has 6 nitrogen and oxygen atoms in total. The van der Waals surface area contributed by atoms with Crippen LogP contribution in [0.4, 0.5) is 5.69 Å². The van der Waals surface area contributed by atoms with Gasteiger partial charge in [-0.1, -0.05) is 17.7 Å². The second-order valence-corrected chi connectivity index (χ2v) is 9.86. The summed E-state index contributed by atoms with van der Waals surface area (Å²) in [5.41, 5.74) is 1.89. The van der Waals surface area contributed by atoms with Crippen LogP contribution in [-0.4, -0.2) is 30.4 Å². The van der Waals surface area contributed by atoms with Gasteiger partial charge in [-0.2, -0.15) is 0 Å². The van der Waals surface area contributed by atoms with Gasteiger partial charge in [-0.3, -0.25) is 14.4 Å². The molecule has 4 bridgehead atoms. The first kappa shape index (κ1) is 20.9. The van der Waals surface area contributed by atoms with Gasteiger partial charge in [0.15, 0.2) is 6.10 Å². The second-order valence-electron chi connectivity index (χ2n) is 9.86. The molecule has 6 heteroatoms. The zero-order valence-corrected chi connectivity index (χ0v) is 17.9. The van der Waals surface area contributed by atoms with E-state index in [0.717, 1.165) is 42.6 Å². The van der Waals surface area contributed by atoms with E-state index >= 15 is 0 Å². The van der Waals surface area contributed by atoms with E-state index in [4.69, 9.17) is 4.74 Å². The van der Waals surface area contributed by atoms with Gasteiger partial charge >= 0.3 is 5.97 Å². The van der Waals surface area contributed by atoms with Crippen LogP contribution in [0.2, 0.25) is 0 Å². The van der Waals surface area contributed by atoms with Gasteiger partial charge in [-0.15, -0.1) is 0 Å². The highest BCUT2D eigenvalue weighted by atomic mass is 16.5. The monoisotopic (exact) mass is 412 g/mol. The molecule has 0 saturated heterocycles. The Morgan fingerprint density at radius 1 is 1.03 bits per heavy atom. The Labute approximate surface area is 178 Å². The molecular formula is C24H32N2O4. The third-order valence-electron chi connectivity index (χ3n) is 7.13. The van der Waals surface area contributed by atoms with E-state index in [0.29, 0.717) is 12.1 Å². The summed E-state index contributed by atoms with van der Waals surface area (Å²) in [6.45, 7) is 3.29. The summed E-state index contributed by atoms with van der Waals surface area (Å²) in [6.07, 6.45) is 7.08. The minimum atomic E-state index is -0.932. The van der Waals surface area contributed by atoms with Gasteiger partial charge in [0.05, 0.1) is 0 Å². The summed E-state index contributed by atoms with van der Waals surface area (Å²) < 4.78 is 5.19. The van der Waals surface area contributed by atoms with E-state index < -0.39 is 18.0 Å².